The van der Waals surface area contributed by atoms with Gasteiger partial charge in [-0.05, 0) is 43.0 Å². The normalized spacial score (nSPS) is 11.5. The van der Waals surface area contributed by atoms with Crippen LogP contribution in [0.25, 0.3) is 0 Å². The van der Waals surface area contributed by atoms with E-state index in [0.29, 0.717) is 6.54 Å². The predicted octanol–water partition coefficient (Wildman–Crippen LogP) is 4.91. The molecule has 1 N–H and O–H groups in total. The first-order valence-corrected chi connectivity index (χ1v) is 10.5. The van der Waals surface area contributed by atoms with Gasteiger partial charge in [-0.2, -0.15) is 0 Å². The molecule has 0 heterocycles. The summed E-state index contributed by atoms with van der Waals surface area (Å²) in [5.74, 6) is 0.272. The minimum Gasteiger partial charge on any atom is -0.377 e. The molecular formula is C23H39N3O2. The highest BCUT2D eigenvalue weighted by Gasteiger charge is 2.24. The van der Waals surface area contributed by atoms with Gasteiger partial charge in [0.1, 0.15) is 0 Å². The molecule has 0 saturated heterocycles. The van der Waals surface area contributed by atoms with Crippen LogP contribution in [0.5, 0.6) is 0 Å². The first kappa shape index (κ1) is 24.0. The Labute approximate surface area is 171 Å². The van der Waals surface area contributed by atoms with Crippen LogP contribution in [0, 0.1) is 11.3 Å². The van der Waals surface area contributed by atoms with E-state index in [2.05, 4.69) is 31.0 Å². The van der Waals surface area contributed by atoms with E-state index in [1.165, 1.54) is 0 Å². The van der Waals surface area contributed by atoms with Crippen LogP contribution in [0.1, 0.15) is 66.4 Å². The standard InChI is InChI=1S/C23H39N3O2/c1-9-14-26(21(27)17(10-2)11-3)16-18-15-19(12-13-20(18)25(7)8)24-22(28)23(4,5)6/h12-13,15,17H,9-11,14,16H2,1-8H3,(H,24,28). The van der Waals surface area contributed by atoms with Crippen molar-refractivity contribution in [3.05, 3.63) is 23.8 Å². The first-order chi connectivity index (χ1) is 13.0. The maximum absolute atomic E-state index is 13.0. The van der Waals surface area contributed by atoms with Gasteiger partial charge in [-0.25, -0.2) is 0 Å². The van der Waals surface area contributed by atoms with Crippen LogP contribution in [0.15, 0.2) is 18.2 Å². The number of carbonyl (C=O) groups is 2. The Bertz CT molecular complexity index is 658. The lowest BCUT2D eigenvalue weighted by Gasteiger charge is -2.29. The number of amides is 2. The van der Waals surface area contributed by atoms with Gasteiger partial charge in [-0.1, -0.05) is 41.5 Å². The minimum atomic E-state index is -0.458. The van der Waals surface area contributed by atoms with Crippen molar-refractivity contribution >= 4 is 23.2 Å². The molecule has 0 spiro atoms. The second kappa shape index (κ2) is 10.5. The molecule has 0 aliphatic heterocycles. The fourth-order valence-electron chi connectivity index (χ4n) is 3.18. The summed E-state index contributed by atoms with van der Waals surface area (Å²) in [5, 5.41) is 3.01. The minimum absolute atomic E-state index is 0.0189. The van der Waals surface area contributed by atoms with Gasteiger partial charge >= 0.3 is 0 Å². The number of carbonyl (C=O) groups excluding carboxylic acids is 2. The van der Waals surface area contributed by atoms with Crippen LogP contribution >= 0.6 is 0 Å². The molecule has 0 fully saturated rings. The lowest BCUT2D eigenvalue weighted by atomic mass is 9.95. The van der Waals surface area contributed by atoms with Crippen molar-refractivity contribution in [3.8, 4) is 0 Å². The monoisotopic (exact) mass is 389 g/mol. The van der Waals surface area contributed by atoms with E-state index in [1.54, 1.807) is 0 Å². The van der Waals surface area contributed by atoms with Gasteiger partial charge in [0.15, 0.2) is 0 Å². The fourth-order valence-corrected chi connectivity index (χ4v) is 3.18. The summed E-state index contributed by atoms with van der Waals surface area (Å²) in [5.41, 5.74) is 2.42. The molecule has 28 heavy (non-hydrogen) atoms. The Kier molecular flexibility index (Phi) is 8.99. The molecule has 1 rings (SSSR count). The topological polar surface area (TPSA) is 52.7 Å². The Balaban J connectivity index is 3.21. The average Bonchev–Trinajstić information content (AvgIpc) is 2.61. The lowest BCUT2D eigenvalue weighted by molar-refractivity contribution is -0.136. The van der Waals surface area contributed by atoms with Crippen molar-refractivity contribution in [3.63, 3.8) is 0 Å². The summed E-state index contributed by atoms with van der Waals surface area (Å²) in [6.45, 7) is 13.2. The Morgan fingerprint density at radius 3 is 2.14 bits per heavy atom. The van der Waals surface area contributed by atoms with Crippen LogP contribution in [0.2, 0.25) is 0 Å². The highest BCUT2D eigenvalue weighted by Crippen LogP contribution is 2.27. The summed E-state index contributed by atoms with van der Waals surface area (Å²) in [6.07, 6.45) is 2.64. The molecule has 0 aliphatic rings. The average molecular weight is 390 g/mol. The molecule has 1 aromatic carbocycles. The summed E-state index contributed by atoms with van der Waals surface area (Å²) < 4.78 is 0. The third-order valence-electron chi connectivity index (χ3n) is 5.00. The van der Waals surface area contributed by atoms with Crippen molar-refractivity contribution in [2.45, 2.75) is 67.3 Å². The summed E-state index contributed by atoms with van der Waals surface area (Å²) in [4.78, 5) is 29.4. The zero-order valence-corrected chi connectivity index (χ0v) is 19.1. The van der Waals surface area contributed by atoms with Gasteiger partial charge in [-0.15, -0.1) is 0 Å². The van der Waals surface area contributed by atoms with E-state index in [1.807, 2.05) is 58.0 Å². The number of benzene rings is 1. The SMILES string of the molecule is CCCN(Cc1cc(NC(=O)C(C)(C)C)ccc1N(C)C)C(=O)C(CC)CC. The largest absolute Gasteiger partial charge is 0.377 e. The molecule has 1 aromatic rings. The number of nitrogens with zero attached hydrogens (tertiary/aromatic N) is 2. The van der Waals surface area contributed by atoms with Gasteiger partial charge in [0.05, 0.1) is 0 Å². The van der Waals surface area contributed by atoms with Crippen molar-refractivity contribution in [2.75, 3.05) is 30.9 Å². The van der Waals surface area contributed by atoms with Crippen LogP contribution in [0.4, 0.5) is 11.4 Å². The Morgan fingerprint density at radius 1 is 1.07 bits per heavy atom. The number of rotatable bonds is 9. The highest BCUT2D eigenvalue weighted by molar-refractivity contribution is 5.94. The zero-order chi connectivity index (χ0) is 21.5. The molecule has 0 unspecified atom stereocenters. The number of hydrogen-bond acceptors (Lipinski definition) is 3. The summed E-state index contributed by atoms with van der Waals surface area (Å²) >= 11 is 0. The molecule has 158 valence electrons. The number of nitrogens with one attached hydrogen (secondary N) is 1. The fraction of sp³-hybridized carbons (Fsp3) is 0.652. The van der Waals surface area contributed by atoms with Crippen LogP contribution in [-0.2, 0) is 16.1 Å². The maximum Gasteiger partial charge on any atom is 0.229 e. The third-order valence-corrected chi connectivity index (χ3v) is 5.00. The third kappa shape index (κ3) is 6.54. The molecule has 0 saturated carbocycles. The van der Waals surface area contributed by atoms with Gasteiger partial charge in [0, 0.05) is 49.9 Å². The van der Waals surface area contributed by atoms with Gasteiger partial charge < -0.3 is 15.1 Å². The number of hydrogen-bond donors (Lipinski definition) is 1. The molecule has 0 atom stereocenters. The number of anilines is 2. The van der Waals surface area contributed by atoms with E-state index < -0.39 is 5.41 Å². The molecular weight excluding hydrogens is 350 g/mol. The van der Waals surface area contributed by atoms with Crippen LogP contribution in [-0.4, -0.2) is 37.4 Å². The molecule has 2 amide bonds. The quantitative estimate of drug-likeness (QED) is 0.653. The molecule has 5 heteroatoms. The highest BCUT2D eigenvalue weighted by atomic mass is 16.2. The first-order valence-electron chi connectivity index (χ1n) is 10.5. The van der Waals surface area contributed by atoms with E-state index in [4.69, 9.17) is 0 Å². The smallest absolute Gasteiger partial charge is 0.229 e. The van der Waals surface area contributed by atoms with E-state index in [0.717, 1.165) is 42.7 Å². The predicted molar refractivity (Wildman–Crippen MR) is 119 cm³/mol. The van der Waals surface area contributed by atoms with Crippen molar-refractivity contribution < 1.29 is 9.59 Å². The van der Waals surface area contributed by atoms with Crippen LogP contribution < -0.4 is 10.2 Å². The van der Waals surface area contributed by atoms with Crippen molar-refractivity contribution in [2.24, 2.45) is 11.3 Å². The zero-order valence-electron chi connectivity index (χ0n) is 19.1. The van der Waals surface area contributed by atoms with Crippen molar-refractivity contribution in [1.29, 1.82) is 0 Å². The van der Waals surface area contributed by atoms with E-state index in [-0.39, 0.29) is 17.7 Å². The second-order valence-corrected chi connectivity index (χ2v) is 8.72. The van der Waals surface area contributed by atoms with E-state index in [9.17, 15) is 9.59 Å². The maximum atomic E-state index is 13.0. The lowest BCUT2D eigenvalue weighted by Crippen LogP contribution is -2.36. The van der Waals surface area contributed by atoms with Gasteiger partial charge in [0.2, 0.25) is 11.8 Å². The Morgan fingerprint density at radius 2 is 1.68 bits per heavy atom. The van der Waals surface area contributed by atoms with Crippen LogP contribution in [0.3, 0.4) is 0 Å². The van der Waals surface area contributed by atoms with Gasteiger partial charge in [0.25, 0.3) is 0 Å². The molecule has 0 bridgehead atoms. The molecule has 0 aliphatic carbocycles. The summed E-state index contributed by atoms with van der Waals surface area (Å²) in [6, 6.07) is 5.94. The Hall–Kier alpha value is -2.04. The summed E-state index contributed by atoms with van der Waals surface area (Å²) in [7, 11) is 4.00. The second-order valence-electron chi connectivity index (χ2n) is 8.72. The molecule has 5 nitrogen and oxygen atoms in total. The van der Waals surface area contributed by atoms with Gasteiger partial charge in [-0.3, -0.25) is 9.59 Å². The molecule has 0 radical (unpaired) electrons. The van der Waals surface area contributed by atoms with E-state index >= 15 is 0 Å². The molecule has 0 aromatic heterocycles. The van der Waals surface area contributed by atoms with Crippen molar-refractivity contribution in [1.82, 2.24) is 4.90 Å².